The van der Waals surface area contributed by atoms with Gasteiger partial charge in [-0.25, -0.2) is 4.79 Å². The molecule has 0 unspecified atom stereocenters. The third-order valence-corrected chi connectivity index (χ3v) is 2.69. The van der Waals surface area contributed by atoms with Crippen LogP contribution < -0.4 is 5.32 Å². The topological polar surface area (TPSA) is 147 Å². The van der Waals surface area contributed by atoms with Gasteiger partial charge in [-0.05, 0) is 12.1 Å². The van der Waals surface area contributed by atoms with E-state index in [1.807, 2.05) is 5.32 Å². The number of nitro benzene ring substituents is 1. The lowest BCUT2D eigenvalue weighted by atomic mass is 10.1. The van der Waals surface area contributed by atoms with Gasteiger partial charge in [0.25, 0.3) is 11.6 Å². The molecule has 0 aliphatic rings. The number of hydrogen-bond donors (Lipinski definition) is 3. The van der Waals surface area contributed by atoms with Crippen LogP contribution in [0.1, 0.15) is 16.8 Å². The van der Waals surface area contributed by atoms with E-state index in [0.717, 1.165) is 18.2 Å². The van der Waals surface area contributed by atoms with Gasteiger partial charge in [0.05, 0.1) is 11.3 Å². The number of rotatable bonds is 6. The summed E-state index contributed by atoms with van der Waals surface area (Å²) >= 11 is 5.62. The van der Waals surface area contributed by atoms with E-state index >= 15 is 0 Å². The number of nitro groups is 1. The largest absolute Gasteiger partial charge is 0.481 e. The van der Waals surface area contributed by atoms with Gasteiger partial charge in [0.1, 0.15) is 11.1 Å². The maximum absolute atomic E-state index is 11.8. The van der Waals surface area contributed by atoms with E-state index in [1.165, 1.54) is 0 Å². The van der Waals surface area contributed by atoms with Gasteiger partial charge in [-0.2, -0.15) is 0 Å². The maximum Gasteiger partial charge on any atom is 0.326 e. The van der Waals surface area contributed by atoms with Gasteiger partial charge < -0.3 is 15.5 Å². The first kappa shape index (κ1) is 16.4. The minimum atomic E-state index is -1.62. The van der Waals surface area contributed by atoms with Gasteiger partial charge in [-0.15, -0.1) is 0 Å². The second-order valence-corrected chi connectivity index (χ2v) is 4.29. The highest BCUT2D eigenvalue weighted by Crippen LogP contribution is 2.24. The van der Waals surface area contributed by atoms with Crippen molar-refractivity contribution in [3.8, 4) is 0 Å². The van der Waals surface area contributed by atoms with Crippen molar-refractivity contribution in [2.45, 2.75) is 12.5 Å². The fraction of sp³-hybridized carbons (Fsp3) is 0.182. The first-order valence-corrected chi connectivity index (χ1v) is 5.79. The lowest BCUT2D eigenvalue weighted by Gasteiger charge is -2.12. The summed E-state index contributed by atoms with van der Waals surface area (Å²) in [5.41, 5.74) is -0.532. The molecule has 0 aliphatic heterocycles. The molecule has 0 fully saturated rings. The van der Waals surface area contributed by atoms with E-state index in [2.05, 4.69) is 0 Å². The first-order chi connectivity index (χ1) is 9.72. The van der Waals surface area contributed by atoms with Crippen LogP contribution in [0.5, 0.6) is 0 Å². The molecule has 0 radical (unpaired) electrons. The zero-order chi connectivity index (χ0) is 16.2. The summed E-state index contributed by atoms with van der Waals surface area (Å²) in [6.07, 6.45) is -0.804. The molecule has 0 spiro atoms. The number of amides is 1. The minimum absolute atomic E-state index is 0.123. The molecule has 1 aromatic rings. The van der Waals surface area contributed by atoms with E-state index in [0.29, 0.717) is 0 Å². The van der Waals surface area contributed by atoms with Crippen molar-refractivity contribution in [1.82, 2.24) is 5.32 Å². The molecule has 3 N–H and O–H groups in total. The van der Waals surface area contributed by atoms with Gasteiger partial charge in [0, 0.05) is 11.6 Å². The molecule has 0 bridgehead atoms. The van der Waals surface area contributed by atoms with Gasteiger partial charge in [0.15, 0.2) is 0 Å². The monoisotopic (exact) mass is 316 g/mol. The molecule has 0 heterocycles. The van der Waals surface area contributed by atoms with Crippen molar-refractivity contribution in [3.05, 3.63) is 38.9 Å². The Balaban J connectivity index is 2.93. The zero-order valence-electron chi connectivity index (χ0n) is 10.3. The standard InChI is InChI=1S/C11H9ClN2O7/c12-6-3-5(1-2-8(6)14(20)21)10(17)13-7(11(18)19)4-9(15)16/h1-3,7H,4H2,(H,13,17)(H,15,16)(H,18,19)/t7-/m1/s1. The van der Waals surface area contributed by atoms with Crippen LogP contribution in [0.15, 0.2) is 18.2 Å². The van der Waals surface area contributed by atoms with Crippen molar-refractivity contribution in [1.29, 1.82) is 0 Å². The second-order valence-electron chi connectivity index (χ2n) is 3.89. The van der Waals surface area contributed by atoms with Crippen molar-refractivity contribution in [3.63, 3.8) is 0 Å². The van der Waals surface area contributed by atoms with Gasteiger partial charge in [0.2, 0.25) is 0 Å². The molecule has 0 saturated carbocycles. The van der Waals surface area contributed by atoms with Crippen LogP contribution >= 0.6 is 11.6 Å². The second kappa shape index (κ2) is 6.66. The van der Waals surface area contributed by atoms with Crippen LogP contribution in [0.3, 0.4) is 0 Å². The number of carbonyl (C=O) groups excluding carboxylic acids is 1. The summed E-state index contributed by atoms with van der Waals surface area (Å²) < 4.78 is 0. The number of nitrogens with zero attached hydrogens (tertiary/aromatic N) is 1. The molecule has 1 atom stereocenters. The molecule has 10 heteroatoms. The maximum atomic E-state index is 11.8. The summed E-state index contributed by atoms with van der Waals surface area (Å²) in [7, 11) is 0. The number of hydrogen-bond acceptors (Lipinski definition) is 5. The van der Waals surface area contributed by atoms with Gasteiger partial charge in [-0.3, -0.25) is 19.7 Å². The Morgan fingerprint density at radius 2 is 1.95 bits per heavy atom. The van der Waals surface area contributed by atoms with Crippen molar-refractivity contribution in [2.24, 2.45) is 0 Å². The van der Waals surface area contributed by atoms with Crippen LogP contribution in [0.25, 0.3) is 0 Å². The van der Waals surface area contributed by atoms with Gasteiger partial charge in [-0.1, -0.05) is 11.6 Å². The number of carboxylic acid groups (broad SMARTS) is 2. The molecule has 9 nitrogen and oxygen atoms in total. The molecule has 1 amide bonds. The van der Waals surface area contributed by atoms with Gasteiger partial charge >= 0.3 is 11.9 Å². The molecule has 0 aliphatic carbocycles. The van der Waals surface area contributed by atoms with Crippen LogP contribution in [-0.2, 0) is 9.59 Å². The molecule has 21 heavy (non-hydrogen) atoms. The van der Waals surface area contributed by atoms with Crippen molar-refractivity contribution >= 4 is 35.1 Å². The molecule has 1 aromatic carbocycles. The summed E-state index contributed by atoms with van der Waals surface area (Å²) in [5.74, 6) is -3.82. The Labute approximate surface area is 122 Å². The van der Waals surface area contributed by atoms with E-state index in [9.17, 15) is 24.5 Å². The predicted octanol–water partition coefficient (Wildman–Crippen LogP) is 0.906. The number of halogens is 1. The SMILES string of the molecule is O=C(O)C[C@@H](NC(=O)c1ccc([N+](=O)[O-])c(Cl)c1)C(=O)O. The van der Waals surface area contributed by atoms with E-state index in [-0.39, 0.29) is 10.6 Å². The molecule has 0 aromatic heterocycles. The Hall–Kier alpha value is -2.68. The molecular weight excluding hydrogens is 308 g/mol. The fourth-order valence-electron chi connectivity index (χ4n) is 1.41. The normalized spacial score (nSPS) is 11.5. The molecule has 112 valence electrons. The summed E-state index contributed by atoms with van der Waals surface area (Å²) in [4.78, 5) is 42.9. The highest BCUT2D eigenvalue weighted by molar-refractivity contribution is 6.33. The Morgan fingerprint density at radius 1 is 1.33 bits per heavy atom. The van der Waals surface area contributed by atoms with E-state index in [1.54, 1.807) is 0 Å². The van der Waals surface area contributed by atoms with Crippen LogP contribution in [0, 0.1) is 10.1 Å². The number of benzene rings is 1. The van der Waals surface area contributed by atoms with Crippen molar-refractivity contribution in [2.75, 3.05) is 0 Å². The summed E-state index contributed by atoms with van der Waals surface area (Å²) in [5, 5.41) is 29.6. The molecule has 1 rings (SSSR count). The summed E-state index contributed by atoms with van der Waals surface area (Å²) in [6, 6.07) is 1.45. The third-order valence-electron chi connectivity index (χ3n) is 2.39. The molecular formula is C11H9ClN2O7. The highest BCUT2D eigenvalue weighted by atomic mass is 35.5. The third kappa shape index (κ3) is 4.42. The fourth-order valence-corrected chi connectivity index (χ4v) is 1.66. The quantitative estimate of drug-likeness (QED) is 0.521. The Bertz CT molecular complexity index is 617. The number of nitrogens with one attached hydrogen (secondary N) is 1. The minimum Gasteiger partial charge on any atom is -0.481 e. The smallest absolute Gasteiger partial charge is 0.326 e. The molecule has 0 saturated heterocycles. The predicted molar refractivity (Wildman–Crippen MR) is 69.2 cm³/mol. The lowest BCUT2D eigenvalue weighted by Crippen LogP contribution is -2.42. The Morgan fingerprint density at radius 3 is 2.38 bits per heavy atom. The van der Waals surface area contributed by atoms with Crippen LogP contribution in [0.2, 0.25) is 5.02 Å². The average molecular weight is 317 g/mol. The van der Waals surface area contributed by atoms with Crippen LogP contribution in [-0.4, -0.2) is 39.0 Å². The number of aliphatic carboxylic acids is 2. The highest BCUT2D eigenvalue weighted by Gasteiger charge is 2.24. The van der Waals surface area contributed by atoms with E-state index < -0.39 is 40.9 Å². The zero-order valence-corrected chi connectivity index (χ0v) is 11.0. The van der Waals surface area contributed by atoms with Crippen molar-refractivity contribution < 1.29 is 29.5 Å². The Kier molecular flexibility index (Phi) is 5.19. The van der Waals surface area contributed by atoms with E-state index in [4.69, 9.17) is 21.8 Å². The lowest BCUT2D eigenvalue weighted by molar-refractivity contribution is -0.384. The first-order valence-electron chi connectivity index (χ1n) is 5.41. The van der Waals surface area contributed by atoms with Crippen LogP contribution in [0.4, 0.5) is 5.69 Å². The number of carboxylic acids is 2. The summed E-state index contributed by atoms with van der Waals surface area (Å²) in [6.45, 7) is 0. The average Bonchev–Trinajstić information content (AvgIpc) is 2.36. The number of carbonyl (C=O) groups is 3.